The van der Waals surface area contributed by atoms with Crippen LogP contribution in [-0.4, -0.2) is 19.3 Å². The minimum atomic E-state index is -0.236. The van der Waals surface area contributed by atoms with E-state index in [0.717, 1.165) is 0 Å². The molecule has 0 bridgehead atoms. The largest absolute Gasteiger partial charge is 0.380 e. The lowest BCUT2D eigenvalue weighted by molar-refractivity contribution is 0.127. The third-order valence-electron chi connectivity index (χ3n) is 2.22. The number of hydrogen-bond acceptors (Lipinski definition) is 2. The smallest absolute Gasteiger partial charge is 0.127 e. The van der Waals surface area contributed by atoms with E-state index < -0.39 is 0 Å². The molecule has 1 atom stereocenters. The van der Waals surface area contributed by atoms with Crippen LogP contribution >= 0.6 is 11.6 Å². The van der Waals surface area contributed by atoms with Crippen LogP contribution < -0.4 is 5.32 Å². The number of nitrogens with one attached hydrogen (secondary N) is 1. The predicted molar refractivity (Wildman–Crippen MR) is 64.2 cm³/mol. The molecule has 1 aromatic carbocycles. The first-order chi connectivity index (χ1) is 7.63. The van der Waals surface area contributed by atoms with Gasteiger partial charge in [0.25, 0.3) is 0 Å². The van der Waals surface area contributed by atoms with E-state index in [1.807, 2.05) is 13.8 Å². The highest BCUT2D eigenvalue weighted by Crippen LogP contribution is 2.14. The number of benzene rings is 1. The number of halogens is 2. The molecule has 0 spiro atoms. The first kappa shape index (κ1) is 13.4. The van der Waals surface area contributed by atoms with E-state index in [1.165, 1.54) is 6.07 Å². The second-order valence-corrected chi connectivity index (χ2v) is 4.11. The Kier molecular flexibility index (Phi) is 5.74. The molecule has 0 aromatic heterocycles. The maximum atomic E-state index is 13.3. The highest BCUT2D eigenvalue weighted by atomic mass is 35.5. The summed E-state index contributed by atoms with van der Waals surface area (Å²) in [4.78, 5) is 0. The number of ether oxygens (including phenoxy) is 1. The highest BCUT2D eigenvalue weighted by molar-refractivity contribution is 6.30. The van der Waals surface area contributed by atoms with Gasteiger partial charge in [-0.3, -0.25) is 0 Å². The van der Waals surface area contributed by atoms with E-state index in [2.05, 4.69) is 5.32 Å². The second-order valence-electron chi connectivity index (χ2n) is 3.68. The minimum absolute atomic E-state index is 0.193. The van der Waals surface area contributed by atoms with Crippen molar-refractivity contribution >= 4 is 11.6 Å². The van der Waals surface area contributed by atoms with Crippen LogP contribution in [0.1, 0.15) is 19.4 Å². The van der Waals surface area contributed by atoms with Gasteiger partial charge in [-0.1, -0.05) is 11.6 Å². The Morgan fingerprint density at radius 3 is 2.94 bits per heavy atom. The van der Waals surface area contributed by atoms with Crippen molar-refractivity contribution in [2.24, 2.45) is 0 Å². The summed E-state index contributed by atoms with van der Waals surface area (Å²) in [5.41, 5.74) is 0.579. The van der Waals surface area contributed by atoms with Crippen LogP contribution in [0, 0.1) is 5.82 Å². The normalized spacial score (nSPS) is 12.8. The van der Waals surface area contributed by atoms with Crippen LogP contribution in [0.2, 0.25) is 5.02 Å². The van der Waals surface area contributed by atoms with Crippen LogP contribution in [0.25, 0.3) is 0 Å². The average Bonchev–Trinajstić information content (AvgIpc) is 2.27. The molecule has 16 heavy (non-hydrogen) atoms. The highest BCUT2D eigenvalue weighted by Gasteiger charge is 2.05. The summed E-state index contributed by atoms with van der Waals surface area (Å²) in [5.74, 6) is -0.236. The predicted octanol–water partition coefficient (Wildman–Crippen LogP) is 2.99. The molecule has 90 valence electrons. The van der Waals surface area contributed by atoms with Crippen molar-refractivity contribution < 1.29 is 9.13 Å². The molecule has 1 aromatic rings. The summed E-state index contributed by atoms with van der Waals surface area (Å²) in [6.07, 6.45) is 0. The summed E-state index contributed by atoms with van der Waals surface area (Å²) in [6, 6.07) is 4.76. The topological polar surface area (TPSA) is 21.3 Å². The van der Waals surface area contributed by atoms with E-state index >= 15 is 0 Å². The number of hydrogen-bond donors (Lipinski definition) is 1. The van der Waals surface area contributed by atoms with Crippen LogP contribution in [0.4, 0.5) is 4.39 Å². The monoisotopic (exact) mass is 245 g/mol. The molecule has 0 aliphatic heterocycles. The summed E-state index contributed by atoms with van der Waals surface area (Å²) in [5, 5.41) is 3.73. The molecule has 1 N–H and O–H groups in total. The molecule has 4 heteroatoms. The average molecular weight is 246 g/mol. The Balaban J connectivity index is 2.44. The molecule has 0 aliphatic carbocycles. The molecule has 1 unspecified atom stereocenters. The van der Waals surface area contributed by atoms with Gasteiger partial charge in [-0.15, -0.1) is 0 Å². The molecule has 0 saturated carbocycles. The zero-order chi connectivity index (χ0) is 12.0. The van der Waals surface area contributed by atoms with Gasteiger partial charge in [0.15, 0.2) is 0 Å². The van der Waals surface area contributed by atoms with Gasteiger partial charge in [0.2, 0.25) is 0 Å². The molecule has 0 saturated heterocycles. The molecule has 0 amide bonds. The fraction of sp³-hybridized carbons (Fsp3) is 0.500. The van der Waals surface area contributed by atoms with Crippen LogP contribution in [0.15, 0.2) is 18.2 Å². The molecule has 0 fully saturated rings. The molecule has 0 aliphatic rings. The van der Waals surface area contributed by atoms with Gasteiger partial charge in [-0.2, -0.15) is 0 Å². The lowest BCUT2D eigenvalue weighted by atomic mass is 10.2. The zero-order valence-corrected chi connectivity index (χ0v) is 10.4. The minimum Gasteiger partial charge on any atom is -0.380 e. The van der Waals surface area contributed by atoms with Crippen molar-refractivity contribution in [3.8, 4) is 0 Å². The molecule has 0 radical (unpaired) electrons. The maximum Gasteiger partial charge on any atom is 0.127 e. The van der Waals surface area contributed by atoms with Crippen molar-refractivity contribution in [3.63, 3.8) is 0 Å². The Bertz CT molecular complexity index is 333. The SMILES string of the molecule is CCOCC(C)NCc1cc(Cl)ccc1F. The Morgan fingerprint density at radius 2 is 2.25 bits per heavy atom. The van der Waals surface area contributed by atoms with Crippen molar-refractivity contribution in [3.05, 3.63) is 34.6 Å². The van der Waals surface area contributed by atoms with Crippen molar-refractivity contribution in [1.29, 1.82) is 0 Å². The summed E-state index contributed by atoms with van der Waals surface area (Å²) in [6.45, 7) is 5.72. The zero-order valence-electron chi connectivity index (χ0n) is 9.59. The van der Waals surface area contributed by atoms with Gasteiger partial charge in [0.05, 0.1) is 6.61 Å². The lowest BCUT2D eigenvalue weighted by Gasteiger charge is -2.14. The molecular formula is C12H17ClFNO. The maximum absolute atomic E-state index is 13.3. The Morgan fingerprint density at radius 1 is 1.50 bits per heavy atom. The van der Waals surface area contributed by atoms with Gasteiger partial charge in [0.1, 0.15) is 5.82 Å². The third kappa shape index (κ3) is 4.47. The number of rotatable bonds is 6. The Labute approximate surface area is 101 Å². The van der Waals surface area contributed by atoms with E-state index in [-0.39, 0.29) is 11.9 Å². The standard InChI is InChI=1S/C12H17ClFNO/c1-3-16-8-9(2)15-7-10-6-11(13)4-5-12(10)14/h4-6,9,15H,3,7-8H2,1-2H3. The fourth-order valence-electron chi connectivity index (χ4n) is 1.32. The molecule has 2 nitrogen and oxygen atoms in total. The molecule has 0 heterocycles. The summed E-state index contributed by atoms with van der Waals surface area (Å²) >= 11 is 5.80. The van der Waals surface area contributed by atoms with Gasteiger partial charge < -0.3 is 10.1 Å². The fourth-order valence-corrected chi connectivity index (χ4v) is 1.51. The van der Waals surface area contributed by atoms with Crippen molar-refractivity contribution in [1.82, 2.24) is 5.32 Å². The van der Waals surface area contributed by atoms with Crippen LogP contribution in [0.3, 0.4) is 0 Å². The van der Waals surface area contributed by atoms with E-state index in [0.29, 0.717) is 30.3 Å². The first-order valence-corrected chi connectivity index (χ1v) is 5.76. The van der Waals surface area contributed by atoms with Gasteiger partial charge in [0, 0.05) is 29.8 Å². The first-order valence-electron chi connectivity index (χ1n) is 5.38. The van der Waals surface area contributed by atoms with Gasteiger partial charge in [-0.25, -0.2) is 4.39 Å². The van der Waals surface area contributed by atoms with Crippen molar-refractivity contribution in [2.75, 3.05) is 13.2 Å². The molecular weight excluding hydrogens is 229 g/mol. The van der Waals surface area contributed by atoms with E-state index in [1.54, 1.807) is 12.1 Å². The van der Waals surface area contributed by atoms with E-state index in [4.69, 9.17) is 16.3 Å². The van der Waals surface area contributed by atoms with Crippen LogP contribution in [0.5, 0.6) is 0 Å². The van der Waals surface area contributed by atoms with Gasteiger partial charge in [-0.05, 0) is 32.0 Å². The summed E-state index contributed by atoms with van der Waals surface area (Å²) < 4.78 is 18.6. The second kappa shape index (κ2) is 6.84. The third-order valence-corrected chi connectivity index (χ3v) is 2.46. The quantitative estimate of drug-likeness (QED) is 0.832. The molecule has 1 rings (SSSR count). The van der Waals surface area contributed by atoms with Gasteiger partial charge >= 0.3 is 0 Å². The van der Waals surface area contributed by atoms with Crippen molar-refractivity contribution in [2.45, 2.75) is 26.4 Å². The lowest BCUT2D eigenvalue weighted by Crippen LogP contribution is -2.30. The van der Waals surface area contributed by atoms with Crippen LogP contribution in [-0.2, 0) is 11.3 Å². The van der Waals surface area contributed by atoms with E-state index in [9.17, 15) is 4.39 Å². The Hall–Kier alpha value is -0.640. The summed E-state index contributed by atoms with van der Waals surface area (Å²) in [7, 11) is 0.